The minimum absolute atomic E-state index is 0.0110. The first-order valence-corrected chi connectivity index (χ1v) is 26.6. The van der Waals surface area contributed by atoms with Gasteiger partial charge in [0.05, 0.1) is 25.4 Å². The zero-order valence-corrected chi connectivity index (χ0v) is 40.2. The number of ether oxygens (including phenoxy) is 1. The molecule has 3 N–H and O–H groups in total. The average Bonchev–Trinajstić information content (AvgIpc) is 3.25. The van der Waals surface area contributed by atoms with Gasteiger partial charge in [-0.05, 0) is 77.0 Å². The Morgan fingerprint density at radius 2 is 0.783 bits per heavy atom. The van der Waals surface area contributed by atoms with Crippen molar-refractivity contribution in [2.75, 3.05) is 13.2 Å². The molecule has 2 atom stereocenters. The van der Waals surface area contributed by atoms with Gasteiger partial charge < -0.3 is 20.3 Å². The molecule has 0 bridgehead atoms. The molecule has 0 spiro atoms. The van der Waals surface area contributed by atoms with Crippen molar-refractivity contribution in [1.82, 2.24) is 5.32 Å². The number of nitrogens with one attached hydrogen (secondary N) is 1. The van der Waals surface area contributed by atoms with Crippen LogP contribution in [0.15, 0.2) is 24.3 Å². The van der Waals surface area contributed by atoms with Gasteiger partial charge in [0.2, 0.25) is 5.91 Å². The van der Waals surface area contributed by atoms with Crippen molar-refractivity contribution in [1.29, 1.82) is 0 Å². The molecule has 0 saturated carbocycles. The molecule has 354 valence electrons. The first-order valence-electron chi connectivity index (χ1n) is 26.6. The number of carbonyl (C=O) groups is 2. The van der Waals surface area contributed by atoms with E-state index < -0.39 is 12.1 Å². The Hall–Kier alpha value is -1.66. The monoisotopic (exact) mass is 846 g/mol. The maximum atomic E-state index is 12.4. The number of esters is 1. The molecule has 60 heavy (non-hydrogen) atoms. The highest BCUT2D eigenvalue weighted by molar-refractivity contribution is 5.76. The van der Waals surface area contributed by atoms with E-state index in [0.29, 0.717) is 25.9 Å². The van der Waals surface area contributed by atoms with Crippen molar-refractivity contribution in [3.05, 3.63) is 24.3 Å². The van der Waals surface area contributed by atoms with Crippen LogP contribution >= 0.6 is 0 Å². The van der Waals surface area contributed by atoms with Gasteiger partial charge in [0, 0.05) is 12.8 Å². The number of hydrogen-bond donors (Lipinski definition) is 3. The van der Waals surface area contributed by atoms with Crippen LogP contribution in [0, 0.1) is 0 Å². The molecular weight excluding hydrogens is 743 g/mol. The molecule has 0 aromatic carbocycles. The highest BCUT2D eigenvalue weighted by Crippen LogP contribution is 2.16. The van der Waals surface area contributed by atoms with Crippen molar-refractivity contribution in [2.45, 2.75) is 296 Å². The quantitative estimate of drug-likeness (QED) is 0.0322. The second kappa shape index (κ2) is 50.0. The number of allylic oxidation sites excluding steroid dienone is 4. The number of carbonyl (C=O) groups excluding carboxylic acids is 2. The summed E-state index contributed by atoms with van der Waals surface area (Å²) in [6.07, 6.45) is 58.6. The van der Waals surface area contributed by atoms with Crippen molar-refractivity contribution in [3.63, 3.8) is 0 Å². The third-order valence-electron chi connectivity index (χ3n) is 12.2. The summed E-state index contributed by atoms with van der Waals surface area (Å²) in [7, 11) is 0. The smallest absolute Gasteiger partial charge is 0.305 e. The van der Waals surface area contributed by atoms with Gasteiger partial charge in [-0.15, -0.1) is 0 Å². The Balaban J connectivity index is 3.46. The lowest BCUT2D eigenvalue weighted by Crippen LogP contribution is -2.45. The van der Waals surface area contributed by atoms with Crippen LogP contribution in [0.5, 0.6) is 0 Å². The molecular formula is C54H103NO5. The van der Waals surface area contributed by atoms with E-state index in [0.717, 1.165) is 64.2 Å². The van der Waals surface area contributed by atoms with Gasteiger partial charge in [-0.1, -0.05) is 218 Å². The van der Waals surface area contributed by atoms with Crippen LogP contribution in [0.4, 0.5) is 0 Å². The predicted octanol–water partition coefficient (Wildman–Crippen LogP) is 15.9. The summed E-state index contributed by atoms with van der Waals surface area (Å²) in [6, 6.07) is -0.552. The molecule has 6 nitrogen and oxygen atoms in total. The van der Waals surface area contributed by atoms with Crippen molar-refractivity contribution in [3.8, 4) is 0 Å². The Bertz CT molecular complexity index is 935. The van der Waals surface area contributed by atoms with Gasteiger partial charge in [0.15, 0.2) is 0 Å². The molecule has 1 amide bonds. The standard InChI is InChI=1S/C54H103NO5/c1-3-5-7-9-11-13-15-17-20-24-28-32-36-40-44-48-54(59)60-49-45-41-37-33-29-25-22-19-18-21-23-27-31-35-39-43-47-53(58)55-51(50-56)52(57)46-42-38-34-30-26-16-14-12-10-8-6-4-2/h17-18,20-21,51-52,56-57H,3-16,19,22-50H2,1-2H3,(H,55,58)/b20-17-,21-18-. The third kappa shape index (κ3) is 45.9. The Morgan fingerprint density at radius 3 is 1.18 bits per heavy atom. The van der Waals surface area contributed by atoms with Gasteiger partial charge >= 0.3 is 5.97 Å². The molecule has 0 fully saturated rings. The molecule has 0 aliphatic carbocycles. The largest absolute Gasteiger partial charge is 0.466 e. The number of hydrogen-bond acceptors (Lipinski definition) is 5. The fraction of sp³-hybridized carbons (Fsp3) is 0.889. The molecule has 0 heterocycles. The summed E-state index contributed by atoms with van der Waals surface area (Å²) in [4.78, 5) is 24.4. The van der Waals surface area contributed by atoms with Crippen molar-refractivity contribution >= 4 is 11.9 Å². The second-order valence-electron chi connectivity index (χ2n) is 18.2. The van der Waals surface area contributed by atoms with Gasteiger partial charge in [0.1, 0.15) is 0 Å². The number of amides is 1. The fourth-order valence-corrected chi connectivity index (χ4v) is 8.10. The van der Waals surface area contributed by atoms with E-state index in [-0.39, 0.29) is 18.5 Å². The van der Waals surface area contributed by atoms with Gasteiger partial charge in [0.25, 0.3) is 0 Å². The summed E-state index contributed by atoms with van der Waals surface area (Å²) in [5.74, 6) is -0.0639. The van der Waals surface area contributed by atoms with Crippen LogP contribution in [0.25, 0.3) is 0 Å². The fourth-order valence-electron chi connectivity index (χ4n) is 8.10. The van der Waals surface area contributed by atoms with E-state index in [1.54, 1.807) is 0 Å². The lowest BCUT2D eigenvalue weighted by atomic mass is 10.0. The normalized spacial score (nSPS) is 12.8. The molecule has 2 unspecified atom stereocenters. The summed E-state index contributed by atoms with van der Waals surface area (Å²) in [6.45, 7) is 4.91. The number of aliphatic hydroxyl groups excluding tert-OH is 2. The van der Waals surface area contributed by atoms with Gasteiger partial charge in [-0.25, -0.2) is 0 Å². The number of aliphatic hydroxyl groups is 2. The third-order valence-corrected chi connectivity index (χ3v) is 12.2. The summed E-state index contributed by atoms with van der Waals surface area (Å²) in [5, 5.41) is 23.2. The molecule has 0 rings (SSSR count). The maximum absolute atomic E-state index is 12.4. The topological polar surface area (TPSA) is 95.9 Å². The minimum Gasteiger partial charge on any atom is -0.466 e. The van der Waals surface area contributed by atoms with E-state index in [4.69, 9.17) is 4.74 Å². The first-order chi connectivity index (χ1) is 29.5. The van der Waals surface area contributed by atoms with Crippen molar-refractivity contribution in [2.24, 2.45) is 0 Å². The zero-order valence-electron chi connectivity index (χ0n) is 40.2. The average molecular weight is 846 g/mol. The van der Waals surface area contributed by atoms with Gasteiger partial charge in [-0.3, -0.25) is 9.59 Å². The highest BCUT2D eigenvalue weighted by atomic mass is 16.5. The van der Waals surface area contributed by atoms with E-state index in [1.807, 2.05) is 0 Å². The SMILES string of the molecule is CCCCCCCC/C=C\CCCCCCCC(=O)OCCCCCCCCC/C=C\CCCCCCCC(=O)NC(CO)C(O)CCCCCCCCCCCCCC. The second-order valence-corrected chi connectivity index (χ2v) is 18.2. The molecule has 0 aromatic rings. The van der Waals surface area contributed by atoms with Crippen LogP contribution in [0.2, 0.25) is 0 Å². The number of rotatable bonds is 49. The van der Waals surface area contributed by atoms with Crippen LogP contribution in [0.1, 0.15) is 284 Å². The molecule has 0 aromatic heterocycles. The number of unbranched alkanes of at least 4 members (excludes halogenated alkanes) is 34. The van der Waals surface area contributed by atoms with Crippen LogP contribution in [-0.4, -0.2) is 47.4 Å². The zero-order chi connectivity index (χ0) is 43.7. The minimum atomic E-state index is -0.673. The Labute approximate surface area is 373 Å². The summed E-state index contributed by atoms with van der Waals surface area (Å²) >= 11 is 0. The molecule has 0 radical (unpaired) electrons. The molecule has 0 aliphatic heterocycles. The highest BCUT2D eigenvalue weighted by Gasteiger charge is 2.20. The molecule has 0 aliphatic rings. The summed E-state index contributed by atoms with van der Waals surface area (Å²) < 4.78 is 5.46. The first kappa shape index (κ1) is 58.3. The molecule has 0 saturated heterocycles. The van der Waals surface area contributed by atoms with Crippen LogP contribution in [-0.2, 0) is 14.3 Å². The van der Waals surface area contributed by atoms with E-state index in [9.17, 15) is 19.8 Å². The molecule has 6 heteroatoms. The lowest BCUT2D eigenvalue weighted by molar-refractivity contribution is -0.143. The Morgan fingerprint density at radius 1 is 0.450 bits per heavy atom. The van der Waals surface area contributed by atoms with Crippen molar-refractivity contribution < 1.29 is 24.5 Å². The van der Waals surface area contributed by atoms with E-state index in [1.165, 1.54) is 186 Å². The van der Waals surface area contributed by atoms with E-state index >= 15 is 0 Å². The lowest BCUT2D eigenvalue weighted by Gasteiger charge is -2.22. The van der Waals surface area contributed by atoms with Crippen LogP contribution < -0.4 is 5.32 Å². The Kier molecular flexibility index (Phi) is 48.6. The maximum Gasteiger partial charge on any atom is 0.305 e. The van der Waals surface area contributed by atoms with Crippen LogP contribution in [0.3, 0.4) is 0 Å². The van der Waals surface area contributed by atoms with Gasteiger partial charge in [-0.2, -0.15) is 0 Å². The predicted molar refractivity (Wildman–Crippen MR) is 260 cm³/mol. The van der Waals surface area contributed by atoms with E-state index in [2.05, 4.69) is 43.5 Å². The summed E-state index contributed by atoms with van der Waals surface area (Å²) in [5.41, 5.74) is 0.